The van der Waals surface area contributed by atoms with E-state index in [4.69, 9.17) is 10.5 Å². The Morgan fingerprint density at radius 1 is 1.57 bits per heavy atom. The molecule has 5 nitrogen and oxygen atoms in total. The van der Waals surface area contributed by atoms with E-state index in [0.717, 1.165) is 12.8 Å². The summed E-state index contributed by atoms with van der Waals surface area (Å²) in [6, 6.07) is 2.88. The Morgan fingerprint density at radius 3 is 2.76 bits per heavy atom. The zero-order chi connectivity index (χ0) is 15.6. The molecule has 1 unspecified atom stereocenters. The molecule has 0 aliphatic heterocycles. The third kappa shape index (κ3) is 3.26. The summed E-state index contributed by atoms with van der Waals surface area (Å²) in [5, 5.41) is 9.38. The maximum atomic E-state index is 13.6. The van der Waals surface area contributed by atoms with Crippen molar-refractivity contribution in [2.24, 2.45) is 5.92 Å². The van der Waals surface area contributed by atoms with Gasteiger partial charge >= 0.3 is 5.97 Å². The molecule has 116 valence electrons. The summed E-state index contributed by atoms with van der Waals surface area (Å²) in [4.78, 5) is 13.4. The number of hydrogen-bond donors (Lipinski definition) is 2. The monoisotopic (exact) mass is 296 g/mol. The first-order valence-corrected chi connectivity index (χ1v) is 7.04. The molecule has 1 aromatic carbocycles. The van der Waals surface area contributed by atoms with Crippen molar-refractivity contribution in [2.75, 3.05) is 30.9 Å². The number of ether oxygens (including phenoxy) is 1. The first-order chi connectivity index (χ1) is 9.97. The summed E-state index contributed by atoms with van der Waals surface area (Å²) in [6.45, 7) is 3.06. The Bertz CT molecular complexity index is 532. The van der Waals surface area contributed by atoms with Crippen molar-refractivity contribution in [2.45, 2.75) is 25.8 Å². The molecule has 0 heterocycles. The molecular formula is C15H21FN2O3. The van der Waals surface area contributed by atoms with Gasteiger partial charge in [0.15, 0.2) is 0 Å². The Kier molecular flexibility index (Phi) is 4.67. The van der Waals surface area contributed by atoms with Crippen molar-refractivity contribution in [3.63, 3.8) is 0 Å². The van der Waals surface area contributed by atoms with Gasteiger partial charge in [0.2, 0.25) is 0 Å². The Balaban J connectivity index is 2.42. The quantitative estimate of drug-likeness (QED) is 0.755. The second kappa shape index (κ2) is 6.30. The lowest BCUT2D eigenvalue weighted by atomic mass is 10.1. The fraction of sp³-hybridized carbons (Fsp3) is 0.533. The summed E-state index contributed by atoms with van der Waals surface area (Å²) >= 11 is 0. The number of carbonyl (C=O) groups is 1. The molecule has 1 atom stereocenters. The van der Waals surface area contributed by atoms with Crippen LogP contribution < -0.4 is 10.6 Å². The number of nitrogen functional groups attached to an aromatic ring is 1. The van der Waals surface area contributed by atoms with Gasteiger partial charge in [0.1, 0.15) is 11.4 Å². The average Bonchev–Trinajstić information content (AvgIpc) is 3.26. The average molecular weight is 296 g/mol. The van der Waals surface area contributed by atoms with E-state index in [-0.39, 0.29) is 17.3 Å². The van der Waals surface area contributed by atoms with Crippen LogP contribution in [-0.4, -0.2) is 37.4 Å². The molecule has 6 heteroatoms. The molecule has 0 bridgehead atoms. The molecule has 0 spiro atoms. The number of rotatable bonds is 7. The van der Waals surface area contributed by atoms with Crippen LogP contribution in [0.1, 0.15) is 30.1 Å². The predicted octanol–water partition coefficient (Wildman–Crippen LogP) is 2.36. The minimum absolute atomic E-state index is 0.168. The van der Waals surface area contributed by atoms with E-state index in [2.05, 4.69) is 6.92 Å². The van der Waals surface area contributed by atoms with Crippen LogP contribution in [0.4, 0.5) is 15.8 Å². The lowest BCUT2D eigenvalue weighted by Crippen LogP contribution is -2.38. The fourth-order valence-corrected chi connectivity index (χ4v) is 2.61. The Labute approximate surface area is 123 Å². The van der Waals surface area contributed by atoms with Crippen molar-refractivity contribution in [1.29, 1.82) is 0 Å². The highest BCUT2D eigenvalue weighted by Gasteiger charge is 2.34. The van der Waals surface area contributed by atoms with Gasteiger partial charge in [-0.3, -0.25) is 0 Å². The van der Waals surface area contributed by atoms with Crippen molar-refractivity contribution in [3.05, 3.63) is 23.5 Å². The van der Waals surface area contributed by atoms with Gasteiger partial charge in [-0.15, -0.1) is 0 Å². The van der Waals surface area contributed by atoms with E-state index in [0.29, 0.717) is 24.8 Å². The molecule has 3 N–H and O–H groups in total. The van der Waals surface area contributed by atoms with E-state index in [9.17, 15) is 14.3 Å². The number of carboxylic acids is 1. The predicted molar refractivity (Wildman–Crippen MR) is 79.2 cm³/mol. The number of anilines is 2. The maximum Gasteiger partial charge on any atom is 0.340 e. The number of benzene rings is 1. The summed E-state index contributed by atoms with van der Waals surface area (Å²) in [5.41, 5.74) is 5.60. The maximum absolute atomic E-state index is 13.6. The van der Waals surface area contributed by atoms with Crippen LogP contribution in [0.5, 0.6) is 0 Å². The van der Waals surface area contributed by atoms with Crippen LogP contribution in [-0.2, 0) is 4.74 Å². The second-order valence-corrected chi connectivity index (χ2v) is 5.42. The van der Waals surface area contributed by atoms with Crippen LogP contribution in [0.25, 0.3) is 0 Å². The van der Waals surface area contributed by atoms with E-state index in [1.807, 2.05) is 4.90 Å². The molecule has 21 heavy (non-hydrogen) atoms. The van der Waals surface area contributed by atoms with Crippen molar-refractivity contribution < 1.29 is 19.0 Å². The number of nitrogens with zero attached hydrogens (tertiary/aromatic N) is 1. The van der Waals surface area contributed by atoms with Gasteiger partial charge in [0.05, 0.1) is 18.0 Å². The Morgan fingerprint density at radius 2 is 2.24 bits per heavy atom. The first-order valence-electron chi connectivity index (χ1n) is 7.04. The van der Waals surface area contributed by atoms with Crippen LogP contribution in [0.3, 0.4) is 0 Å². The third-order valence-electron chi connectivity index (χ3n) is 4.03. The van der Waals surface area contributed by atoms with E-state index in [1.54, 1.807) is 7.11 Å². The molecule has 0 radical (unpaired) electrons. The minimum atomic E-state index is -1.22. The second-order valence-electron chi connectivity index (χ2n) is 5.42. The number of carboxylic acid groups (broad SMARTS) is 1. The van der Waals surface area contributed by atoms with Crippen LogP contribution in [0.15, 0.2) is 12.1 Å². The third-order valence-corrected chi connectivity index (χ3v) is 4.03. The molecule has 0 amide bonds. The van der Waals surface area contributed by atoms with Gasteiger partial charge < -0.3 is 20.5 Å². The van der Waals surface area contributed by atoms with Gasteiger partial charge in [0.25, 0.3) is 0 Å². The normalized spacial score (nSPS) is 15.8. The largest absolute Gasteiger partial charge is 0.478 e. The van der Waals surface area contributed by atoms with Gasteiger partial charge in [-0.2, -0.15) is 0 Å². The summed E-state index contributed by atoms with van der Waals surface area (Å²) in [5.74, 6) is -1.39. The molecule has 1 fully saturated rings. The molecule has 2 rings (SSSR count). The fourth-order valence-electron chi connectivity index (χ4n) is 2.61. The van der Waals surface area contributed by atoms with Crippen molar-refractivity contribution in [1.82, 2.24) is 0 Å². The highest BCUT2D eigenvalue weighted by Crippen LogP contribution is 2.38. The number of methoxy groups -OCH3 is 1. The van der Waals surface area contributed by atoms with E-state index in [1.165, 1.54) is 12.1 Å². The SMILES string of the molecule is COCCN(c1ccc(F)c(N)c1C(=O)O)C(C)C1CC1. The van der Waals surface area contributed by atoms with Gasteiger partial charge in [0, 0.05) is 19.7 Å². The first kappa shape index (κ1) is 15.6. The molecule has 0 aromatic heterocycles. The van der Waals surface area contributed by atoms with Crippen LogP contribution in [0.2, 0.25) is 0 Å². The van der Waals surface area contributed by atoms with Crippen molar-refractivity contribution >= 4 is 17.3 Å². The molecule has 1 aromatic rings. The van der Waals surface area contributed by atoms with Gasteiger partial charge in [-0.1, -0.05) is 0 Å². The summed E-state index contributed by atoms with van der Waals surface area (Å²) < 4.78 is 18.7. The van der Waals surface area contributed by atoms with E-state index < -0.39 is 11.8 Å². The molecule has 0 saturated heterocycles. The molecular weight excluding hydrogens is 275 g/mol. The zero-order valence-electron chi connectivity index (χ0n) is 12.3. The number of aromatic carboxylic acids is 1. The van der Waals surface area contributed by atoms with Crippen LogP contribution >= 0.6 is 0 Å². The number of halogens is 1. The summed E-state index contributed by atoms with van der Waals surface area (Å²) in [7, 11) is 1.59. The lowest BCUT2D eigenvalue weighted by Gasteiger charge is -2.32. The van der Waals surface area contributed by atoms with Gasteiger partial charge in [-0.25, -0.2) is 9.18 Å². The smallest absolute Gasteiger partial charge is 0.340 e. The Hall–Kier alpha value is -1.82. The van der Waals surface area contributed by atoms with Crippen LogP contribution in [0, 0.1) is 11.7 Å². The van der Waals surface area contributed by atoms with Crippen molar-refractivity contribution in [3.8, 4) is 0 Å². The summed E-state index contributed by atoms with van der Waals surface area (Å²) in [6.07, 6.45) is 2.26. The highest BCUT2D eigenvalue weighted by atomic mass is 19.1. The number of nitrogens with two attached hydrogens (primary N) is 1. The standard InChI is InChI=1S/C15H21FN2O3/c1-9(10-3-4-10)18(7-8-21-2)12-6-5-11(16)14(17)13(12)15(19)20/h5-6,9-10H,3-4,7-8,17H2,1-2H3,(H,19,20). The van der Waals surface area contributed by atoms with Gasteiger partial charge in [-0.05, 0) is 37.8 Å². The van der Waals surface area contributed by atoms with E-state index >= 15 is 0 Å². The molecule has 1 saturated carbocycles. The molecule has 1 aliphatic rings. The minimum Gasteiger partial charge on any atom is -0.478 e. The molecule has 1 aliphatic carbocycles. The topological polar surface area (TPSA) is 75.8 Å². The zero-order valence-corrected chi connectivity index (χ0v) is 12.3. The highest BCUT2D eigenvalue weighted by molar-refractivity contribution is 6.00. The number of hydrogen-bond acceptors (Lipinski definition) is 4. The lowest BCUT2D eigenvalue weighted by molar-refractivity contribution is 0.0698.